The summed E-state index contributed by atoms with van der Waals surface area (Å²) in [6.07, 6.45) is 2.67. The minimum absolute atomic E-state index is 0.00538. The average Bonchev–Trinajstić information content (AvgIpc) is 2.98. The van der Waals surface area contributed by atoms with E-state index in [-0.39, 0.29) is 40.5 Å². The summed E-state index contributed by atoms with van der Waals surface area (Å²) in [4.78, 5) is 27.7. The number of nitrogens with one attached hydrogen (secondary N) is 2. The first-order valence-electron chi connectivity index (χ1n) is 15.0. The molecule has 4 aromatic carbocycles. The first-order chi connectivity index (χ1) is 20.2. The van der Waals surface area contributed by atoms with Gasteiger partial charge in [0.1, 0.15) is 0 Å². The van der Waals surface area contributed by atoms with Crippen molar-refractivity contribution in [3.8, 4) is 0 Å². The van der Waals surface area contributed by atoms with Crippen LogP contribution < -0.4 is 10.6 Å². The van der Waals surface area contributed by atoms with Crippen molar-refractivity contribution in [2.45, 2.75) is 57.9 Å². The zero-order chi connectivity index (χ0) is 29.6. The number of amides is 2. The van der Waals surface area contributed by atoms with Gasteiger partial charge in [-0.3, -0.25) is 9.59 Å². The first kappa shape index (κ1) is 29.3. The average molecular weight is 559 g/mol. The van der Waals surface area contributed by atoms with Crippen molar-refractivity contribution in [2.75, 3.05) is 6.54 Å². The van der Waals surface area contributed by atoms with E-state index in [0.29, 0.717) is 6.54 Å². The van der Waals surface area contributed by atoms with Gasteiger partial charge in [-0.25, -0.2) is 0 Å². The predicted octanol–water partition coefficient (Wildman–Crippen LogP) is 7.47. The SMILES string of the molecule is CC1(C)C[C@H](NC(=O)C(c2ccccc2)c2ccccc2)C[C@@](C)(CNC(=O)C(c2ccccc2)c2ccccc2)C1. The van der Waals surface area contributed by atoms with Crippen molar-refractivity contribution in [1.29, 1.82) is 0 Å². The summed E-state index contributed by atoms with van der Waals surface area (Å²) in [7, 11) is 0. The van der Waals surface area contributed by atoms with Crippen molar-refractivity contribution in [2.24, 2.45) is 10.8 Å². The number of hydrogen-bond donors (Lipinski definition) is 2. The Morgan fingerprint density at radius 1 is 0.619 bits per heavy atom. The second-order valence-electron chi connectivity index (χ2n) is 13.0. The molecule has 1 aliphatic carbocycles. The number of carbonyl (C=O) groups excluding carboxylic acids is 2. The monoisotopic (exact) mass is 558 g/mol. The van der Waals surface area contributed by atoms with Crippen LogP contribution in [0.3, 0.4) is 0 Å². The van der Waals surface area contributed by atoms with Gasteiger partial charge in [-0.05, 0) is 52.3 Å². The number of hydrogen-bond acceptors (Lipinski definition) is 2. The highest BCUT2D eigenvalue weighted by Gasteiger charge is 2.42. The fourth-order valence-electron chi connectivity index (χ4n) is 7.13. The van der Waals surface area contributed by atoms with Crippen LogP contribution in [0, 0.1) is 10.8 Å². The molecular weight excluding hydrogens is 516 g/mol. The van der Waals surface area contributed by atoms with Crippen molar-refractivity contribution < 1.29 is 9.59 Å². The molecular formula is C38H42N2O2. The molecule has 5 rings (SSSR count). The molecule has 0 aliphatic heterocycles. The summed E-state index contributed by atoms with van der Waals surface area (Å²) in [5, 5.41) is 6.76. The normalized spacial score (nSPS) is 19.8. The van der Waals surface area contributed by atoms with E-state index >= 15 is 0 Å². The summed E-state index contributed by atoms with van der Waals surface area (Å²) >= 11 is 0. The van der Waals surface area contributed by atoms with Crippen LogP contribution in [0.15, 0.2) is 121 Å². The molecule has 2 amide bonds. The van der Waals surface area contributed by atoms with E-state index in [0.717, 1.165) is 41.5 Å². The van der Waals surface area contributed by atoms with E-state index in [1.165, 1.54) is 0 Å². The molecule has 0 saturated heterocycles. The van der Waals surface area contributed by atoms with Gasteiger partial charge >= 0.3 is 0 Å². The fourth-order valence-corrected chi connectivity index (χ4v) is 7.13. The summed E-state index contributed by atoms with van der Waals surface area (Å²) in [6.45, 7) is 7.35. The molecule has 4 aromatic rings. The van der Waals surface area contributed by atoms with Gasteiger partial charge in [0.05, 0.1) is 11.8 Å². The number of benzene rings is 4. The lowest BCUT2D eigenvalue weighted by Gasteiger charge is -2.47. The number of rotatable bonds is 9. The number of carbonyl (C=O) groups is 2. The van der Waals surface area contributed by atoms with Crippen LogP contribution in [0.2, 0.25) is 0 Å². The standard InChI is InChI=1S/C38H42N2O2/c1-37(2)24-32(40-36(42)34(30-20-12-6-13-21-30)31-22-14-7-15-23-31)25-38(3,26-37)27-39-35(41)33(28-16-8-4-9-17-28)29-18-10-5-11-19-29/h4-23,32-34H,24-27H2,1-3H3,(H,39,41)(H,40,42)/t32-,38+/m0/s1. The molecule has 1 saturated carbocycles. The van der Waals surface area contributed by atoms with Crippen LogP contribution in [0.1, 0.15) is 74.1 Å². The van der Waals surface area contributed by atoms with Crippen LogP contribution >= 0.6 is 0 Å². The summed E-state index contributed by atoms with van der Waals surface area (Å²) < 4.78 is 0. The third-order valence-electron chi connectivity index (χ3n) is 8.54. The molecule has 0 spiro atoms. The summed E-state index contributed by atoms with van der Waals surface area (Å²) in [5.74, 6) is -0.720. The van der Waals surface area contributed by atoms with E-state index in [1.807, 2.05) is 121 Å². The molecule has 42 heavy (non-hydrogen) atoms. The molecule has 216 valence electrons. The van der Waals surface area contributed by atoms with Gasteiger partial charge in [0.25, 0.3) is 0 Å². The molecule has 1 fully saturated rings. The quantitative estimate of drug-likeness (QED) is 0.224. The maximum Gasteiger partial charge on any atom is 0.232 e. The van der Waals surface area contributed by atoms with E-state index in [1.54, 1.807) is 0 Å². The Hall–Kier alpha value is -4.18. The van der Waals surface area contributed by atoms with Crippen LogP contribution in [0.4, 0.5) is 0 Å². The van der Waals surface area contributed by atoms with Gasteiger partial charge in [-0.2, -0.15) is 0 Å². The maximum atomic E-state index is 13.9. The summed E-state index contributed by atoms with van der Waals surface area (Å²) in [5.41, 5.74) is 3.78. The smallest absolute Gasteiger partial charge is 0.232 e. The minimum Gasteiger partial charge on any atom is -0.355 e. The van der Waals surface area contributed by atoms with Gasteiger partial charge in [0.15, 0.2) is 0 Å². The van der Waals surface area contributed by atoms with Gasteiger partial charge in [0.2, 0.25) is 11.8 Å². The van der Waals surface area contributed by atoms with Crippen LogP contribution in [0.5, 0.6) is 0 Å². The molecule has 4 nitrogen and oxygen atoms in total. The predicted molar refractivity (Wildman–Crippen MR) is 170 cm³/mol. The van der Waals surface area contributed by atoms with Crippen molar-refractivity contribution in [3.63, 3.8) is 0 Å². The zero-order valence-corrected chi connectivity index (χ0v) is 24.9. The van der Waals surface area contributed by atoms with Crippen LogP contribution in [-0.4, -0.2) is 24.4 Å². The molecule has 2 atom stereocenters. The lowest BCUT2D eigenvalue weighted by molar-refractivity contribution is -0.124. The molecule has 0 radical (unpaired) electrons. The molecule has 0 heterocycles. The Morgan fingerprint density at radius 2 is 1.00 bits per heavy atom. The second kappa shape index (κ2) is 12.8. The largest absolute Gasteiger partial charge is 0.355 e. The van der Waals surface area contributed by atoms with Crippen LogP contribution in [0.25, 0.3) is 0 Å². The van der Waals surface area contributed by atoms with E-state index in [4.69, 9.17) is 0 Å². The molecule has 1 aliphatic rings. The molecule has 0 bridgehead atoms. The molecule has 0 unspecified atom stereocenters. The Balaban J connectivity index is 1.32. The fraction of sp³-hybridized carbons (Fsp3) is 0.316. The van der Waals surface area contributed by atoms with Gasteiger partial charge in [-0.1, -0.05) is 142 Å². The third kappa shape index (κ3) is 7.17. The van der Waals surface area contributed by atoms with Crippen LogP contribution in [-0.2, 0) is 9.59 Å². The van der Waals surface area contributed by atoms with Gasteiger partial charge < -0.3 is 10.6 Å². The Labute approximate surface area is 250 Å². The topological polar surface area (TPSA) is 58.2 Å². The lowest BCUT2D eigenvalue weighted by atomic mass is 9.62. The highest BCUT2D eigenvalue weighted by Crippen LogP contribution is 2.46. The zero-order valence-electron chi connectivity index (χ0n) is 24.9. The molecule has 4 heteroatoms. The van der Waals surface area contributed by atoms with Crippen molar-refractivity contribution >= 4 is 11.8 Å². The van der Waals surface area contributed by atoms with Gasteiger partial charge in [0, 0.05) is 12.6 Å². The third-order valence-corrected chi connectivity index (χ3v) is 8.54. The Kier molecular flexibility index (Phi) is 8.91. The Morgan fingerprint density at radius 3 is 1.40 bits per heavy atom. The summed E-state index contributed by atoms with van der Waals surface area (Å²) in [6, 6.07) is 40.0. The second-order valence-corrected chi connectivity index (χ2v) is 13.0. The van der Waals surface area contributed by atoms with E-state index in [2.05, 4.69) is 31.4 Å². The van der Waals surface area contributed by atoms with Crippen molar-refractivity contribution in [3.05, 3.63) is 144 Å². The van der Waals surface area contributed by atoms with Crippen molar-refractivity contribution in [1.82, 2.24) is 10.6 Å². The molecule has 0 aromatic heterocycles. The maximum absolute atomic E-state index is 13.9. The highest BCUT2D eigenvalue weighted by atomic mass is 16.2. The highest BCUT2D eigenvalue weighted by molar-refractivity contribution is 5.88. The minimum atomic E-state index is -0.374. The lowest BCUT2D eigenvalue weighted by Crippen LogP contribution is -2.51. The Bertz CT molecular complexity index is 1380. The molecule has 2 N–H and O–H groups in total. The van der Waals surface area contributed by atoms with E-state index in [9.17, 15) is 9.59 Å². The van der Waals surface area contributed by atoms with E-state index < -0.39 is 0 Å². The first-order valence-corrected chi connectivity index (χ1v) is 15.0. The van der Waals surface area contributed by atoms with Gasteiger partial charge in [-0.15, -0.1) is 0 Å².